The van der Waals surface area contributed by atoms with Crippen molar-refractivity contribution in [2.45, 2.75) is 83.3 Å². The Hall–Kier alpha value is -3.28. The zero-order valence-electron chi connectivity index (χ0n) is 19.4. The molecule has 0 amide bonds. The molecule has 1 saturated carbocycles. The van der Waals surface area contributed by atoms with Crippen LogP contribution in [0.3, 0.4) is 0 Å². The van der Waals surface area contributed by atoms with Crippen molar-refractivity contribution in [1.82, 2.24) is 19.5 Å². The first-order valence-corrected chi connectivity index (χ1v) is 11.4. The molecule has 0 spiro atoms. The van der Waals surface area contributed by atoms with E-state index in [1.807, 2.05) is 0 Å². The van der Waals surface area contributed by atoms with Gasteiger partial charge in [0.2, 0.25) is 0 Å². The average molecular weight is 476 g/mol. The molecule has 34 heavy (non-hydrogen) atoms. The van der Waals surface area contributed by atoms with E-state index < -0.39 is 42.4 Å². The molecule has 0 radical (unpaired) electrons. The average Bonchev–Trinajstić information content (AvgIpc) is 3.32. The van der Waals surface area contributed by atoms with Crippen LogP contribution in [-0.4, -0.2) is 62.3 Å². The zero-order valence-corrected chi connectivity index (χ0v) is 19.4. The van der Waals surface area contributed by atoms with E-state index in [2.05, 4.69) is 9.97 Å². The molecule has 0 aromatic carbocycles. The van der Waals surface area contributed by atoms with Crippen LogP contribution in [0, 0.1) is 0 Å². The molecule has 4 atom stereocenters. The van der Waals surface area contributed by atoms with E-state index in [0.717, 1.165) is 32.1 Å². The first-order valence-electron chi connectivity index (χ1n) is 11.4. The van der Waals surface area contributed by atoms with Crippen molar-refractivity contribution in [3.63, 3.8) is 0 Å². The van der Waals surface area contributed by atoms with Gasteiger partial charge in [0, 0.05) is 26.7 Å². The van der Waals surface area contributed by atoms with Gasteiger partial charge in [0.15, 0.2) is 35.4 Å². The minimum atomic E-state index is -1.03. The molecule has 2 aromatic heterocycles. The first-order chi connectivity index (χ1) is 16.3. The number of nitrogens with two attached hydrogens (primary N) is 1. The molecule has 3 heterocycles. The number of nitrogen functional groups attached to an aromatic ring is 1. The topological polar surface area (TPSA) is 158 Å². The zero-order chi connectivity index (χ0) is 24.4. The molecule has 2 aliphatic rings. The minimum Gasteiger partial charge on any atom is -0.463 e. The van der Waals surface area contributed by atoms with Crippen LogP contribution >= 0.6 is 0 Å². The molecule has 0 bridgehead atoms. The number of imidazole rings is 1. The van der Waals surface area contributed by atoms with Crippen LogP contribution in [0.25, 0.3) is 11.2 Å². The Morgan fingerprint density at radius 3 is 2.35 bits per heavy atom. The van der Waals surface area contributed by atoms with E-state index in [4.69, 9.17) is 29.7 Å². The number of esters is 3. The molecule has 12 heteroatoms. The maximum Gasteiger partial charge on any atom is 0.303 e. The van der Waals surface area contributed by atoms with Crippen molar-refractivity contribution in [3.05, 3.63) is 12.2 Å². The third-order valence-corrected chi connectivity index (χ3v) is 6.10. The number of hydrogen-bond donors (Lipinski definition) is 1. The van der Waals surface area contributed by atoms with Gasteiger partial charge in [0.05, 0.1) is 0 Å². The predicted molar refractivity (Wildman–Crippen MR) is 117 cm³/mol. The van der Waals surface area contributed by atoms with E-state index in [1.165, 1.54) is 27.1 Å². The van der Waals surface area contributed by atoms with Gasteiger partial charge in [-0.2, -0.15) is 0 Å². The summed E-state index contributed by atoms with van der Waals surface area (Å²) in [5.41, 5.74) is 6.94. The van der Waals surface area contributed by atoms with E-state index in [0.29, 0.717) is 17.0 Å². The molecule has 12 nitrogen and oxygen atoms in total. The molecule has 2 N–H and O–H groups in total. The van der Waals surface area contributed by atoms with Gasteiger partial charge < -0.3 is 24.7 Å². The number of carbonyl (C=O) groups excluding carboxylic acids is 3. The molecule has 2 fully saturated rings. The van der Waals surface area contributed by atoms with Gasteiger partial charge in [-0.05, 0) is 12.8 Å². The maximum atomic E-state index is 12.0. The summed E-state index contributed by atoms with van der Waals surface area (Å²) in [7, 11) is 0. The Labute approximate surface area is 196 Å². The summed E-state index contributed by atoms with van der Waals surface area (Å²) in [6, 6.07) is 0. The highest BCUT2D eigenvalue weighted by atomic mass is 16.7. The number of carbonyl (C=O) groups is 3. The molecule has 184 valence electrons. The lowest BCUT2D eigenvalue weighted by Crippen LogP contribution is -2.40. The van der Waals surface area contributed by atoms with Gasteiger partial charge in [-0.1, -0.05) is 19.3 Å². The van der Waals surface area contributed by atoms with Crippen molar-refractivity contribution in [2.24, 2.45) is 0 Å². The van der Waals surface area contributed by atoms with Crippen molar-refractivity contribution in [3.8, 4) is 0 Å². The molecular formula is C22H29N5O7. The second kappa shape index (κ2) is 9.92. The van der Waals surface area contributed by atoms with Crippen LogP contribution in [0.4, 0.5) is 5.82 Å². The smallest absolute Gasteiger partial charge is 0.303 e. The fourth-order valence-electron chi connectivity index (χ4n) is 4.74. The lowest BCUT2D eigenvalue weighted by molar-refractivity contribution is -0.166. The summed E-state index contributed by atoms with van der Waals surface area (Å²) in [5.74, 6) is -0.664. The number of nitrogens with zero attached hydrogens (tertiary/aromatic N) is 4. The summed E-state index contributed by atoms with van der Waals surface area (Å²) < 4.78 is 24.3. The number of hydrogen-bond acceptors (Lipinski definition) is 11. The summed E-state index contributed by atoms with van der Waals surface area (Å²) in [4.78, 5) is 48.6. The Morgan fingerprint density at radius 1 is 1.03 bits per heavy atom. The van der Waals surface area contributed by atoms with E-state index in [-0.39, 0.29) is 18.3 Å². The van der Waals surface area contributed by atoms with E-state index >= 15 is 0 Å². The predicted octanol–water partition coefficient (Wildman–Crippen LogP) is 1.78. The Morgan fingerprint density at radius 2 is 1.71 bits per heavy atom. The molecular weight excluding hydrogens is 446 g/mol. The molecule has 1 saturated heterocycles. The van der Waals surface area contributed by atoms with Crippen LogP contribution in [0.5, 0.6) is 0 Å². The normalized spacial score (nSPS) is 25.3. The molecule has 1 aliphatic heterocycles. The summed E-state index contributed by atoms with van der Waals surface area (Å²) in [6.45, 7) is 3.58. The van der Waals surface area contributed by atoms with Gasteiger partial charge in [-0.25, -0.2) is 15.0 Å². The molecule has 4 rings (SSSR count). The Balaban J connectivity index is 1.83. The van der Waals surface area contributed by atoms with Crippen LogP contribution in [-0.2, 0) is 33.3 Å². The fourth-order valence-corrected chi connectivity index (χ4v) is 4.74. The monoisotopic (exact) mass is 475 g/mol. The molecule has 1 aliphatic carbocycles. The SMILES string of the molecule is CC(=O)OC[C@@H]1OC(n2c(C3CCCCC3)nc3c(N)ncnc32)[C@@H](OC(C)=O)[C@@H]1OC(C)=O. The van der Waals surface area contributed by atoms with E-state index in [1.54, 1.807) is 4.57 Å². The van der Waals surface area contributed by atoms with Crippen molar-refractivity contribution >= 4 is 34.9 Å². The Bertz CT molecular complexity index is 1080. The van der Waals surface area contributed by atoms with Crippen LogP contribution in [0.2, 0.25) is 0 Å². The van der Waals surface area contributed by atoms with Gasteiger partial charge in [0.25, 0.3) is 0 Å². The quantitative estimate of drug-likeness (QED) is 0.479. The number of aromatic nitrogens is 4. The fraction of sp³-hybridized carbons (Fsp3) is 0.636. The maximum absolute atomic E-state index is 12.0. The third kappa shape index (κ3) is 4.81. The van der Waals surface area contributed by atoms with Crippen molar-refractivity contribution in [2.75, 3.05) is 12.3 Å². The lowest BCUT2D eigenvalue weighted by atomic mass is 9.88. The largest absolute Gasteiger partial charge is 0.463 e. The first kappa shape index (κ1) is 23.9. The van der Waals surface area contributed by atoms with Gasteiger partial charge in [-0.15, -0.1) is 0 Å². The summed E-state index contributed by atoms with van der Waals surface area (Å²) >= 11 is 0. The molecule has 1 unspecified atom stereocenters. The summed E-state index contributed by atoms with van der Waals surface area (Å²) in [6.07, 6.45) is 2.57. The Kier molecular flexibility index (Phi) is 6.96. The molecule has 2 aromatic rings. The minimum absolute atomic E-state index is 0.114. The summed E-state index contributed by atoms with van der Waals surface area (Å²) in [5, 5.41) is 0. The highest BCUT2D eigenvalue weighted by molar-refractivity contribution is 5.82. The van der Waals surface area contributed by atoms with Crippen LogP contribution in [0.15, 0.2) is 6.33 Å². The number of fused-ring (bicyclic) bond motifs is 1. The highest BCUT2D eigenvalue weighted by Gasteiger charge is 2.52. The van der Waals surface area contributed by atoms with Crippen LogP contribution < -0.4 is 5.73 Å². The van der Waals surface area contributed by atoms with Crippen molar-refractivity contribution < 1.29 is 33.3 Å². The number of anilines is 1. The van der Waals surface area contributed by atoms with Gasteiger partial charge in [-0.3, -0.25) is 19.0 Å². The second-order valence-electron chi connectivity index (χ2n) is 8.62. The standard InChI is InChI=1S/C22H29N5O7/c1-11(28)31-9-15-17(32-12(2)29)18(33-13(3)30)22(34-15)27-20(14-7-5-4-6-8-14)26-16-19(23)24-10-25-21(16)27/h10,14-15,17-18,22H,4-9H2,1-3H3,(H2,23,24,25)/t15-,17+,18-,22?/m0/s1. The van der Waals surface area contributed by atoms with Gasteiger partial charge >= 0.3 is 17.9 Å². The van der Waals surface area contributed by atoms with E-state index in [9.17, 15) is 14.4 Å². The third-order valence-electron chi connectivity index (χ3n) is 6.10. The lowest BCUT2D eigenvalue weighted by Gasteiger charge is -2.27. The van der Waals surface area contributed by atoms with Crippen LogP contribution in [0.1, 0.15) is 70.8 Å². The highest BCUT2D eigenvalue weighted by Crippen LogP contribution is 2.41. The van der Waals surface area contributed by atoms with Crippen molar-refractivity contribution in [1.29, 1.82) is 0 Å². The van der Waals surface area contributed by atoms with Gasteiger partial charge in [0.1, 0.15) is 24.9 Å². The number of ether oxygens (including phenoxy) is 4. The number of rotatable bonds is 6. The second-order valence-corrected chi connectivity index (χ2v) is 8.62.